The van der Waals surface area contributed by atoms with Crippen molar-refractivity contribution in [1.82, 2.24) is 19.7 Å². The summed E-state index contributed by atoms with van der Waals surface area (Å²) in [6, 6.07) is 13.3. The van der Waals surface area contributed by atoms with Gasteiger partial charge in [0.15, 0.2) is 0 Å². The minimum Gasteiger partial charge on any atom is -0.497 e. The lowest BCUT2D eigenvalue weighted by molar-refractivity contribution is -0.121. The van der Waals surface area contributed by atoms with Gasteiger partial charge in [0.05, 0.1) is 51.4 Å². The number of nitrogens with zero attached hydrogens (tertiary/aromatic N) is 5. The summed E-state index contributed by atoms with van der Waals surface area (Å²) in [5, 5.41) is 13.8. The van der Waals surface area contributed by atoms with Gasteiger partial charge in [0.2, 0.25) is 11.8 Å². The van der Waals surface area contributed by atoms with Crippen molar-refractivity contribution in [2.24, 2.45) is 0 Å². The number of para-hydroxylation sites is 1. The number of carbonyl (C=O) groups is 3. The number of piperazine rings is 1. The summed E-state index contributed by atoms with van der Waals surface area (Å²) in [6.07, 6.45) is 0.657. The van der Waals surface area contributed by atoms with Gasteiger partial charge >= 0.3 is 22.3 Å². The normalized spacial score (nSPS) is 21.7. The molecule has 0 saturated carbocycles. The Bertz CT molecular complexity index is 2110. The second-order valence-electron chi connectivity index (χ2n) is 14.6. The summed E-state index contributed by atoms with van der Waals surface area (Å²) < 4.78 is 55.3. The second kappa shape index (κ2) is 16.2. The molecule has 4 unspecified atom stereocenters. The highest BCUT2D eigenvalue weighted by molar-refractivity contribution is 7.87. The van der Waals surface area contributed by atoms with Gasteiger partial charge in [-0.1, -0.05) is 24.3 Å². The van der Waals surface area contributed by atoms with Crippen LogP contribution in [0.2, 0.25) is 0 Å². The first-order valence-electron chi connectivity index (χ1n) is 18.3. The third-order valence-corrected chi connectivity index (χ3v) is 11.3. The molecule has 3 aliphatic heterocycles. The lowest BCUT2D eigenvalue weighted by Crippen LogP contribution is -2.66. The summed E-state index contributed by atoms with van der Waals surface area (Å²) in [7, 11) is -2.16. The first-order chi connectivity index (χ1) is 26.7. The van der Waals surface area contributed by atoms with Crippen LogP contribution in [0.1, 0.15) is 63.6 Å². The van der Waals surface area contributed by atoms with Gasteiger partial charge in [-0.05, 0) is 70.4 Å². The molecule has 17 heteroatoms. The van der Waals surface area contributed by atoms with Gasteiger partial charge in [-0.3, -0.25) is 14.6 Å². The summed E-state index contributed by atoms with van der Waals surface area (Å²) in [4.78, 5) is 50.6. The number of carbonyl (C=O) groups excluding carboxylic acids is 3. The highest BCUT2D eigenvalue weighted by Crippen LogP contribution is 2.49. The van der Waals surface area contributed by atoms with Crippen LogP contribution >= 0.6 is 0 Å². The Labute approximate surface area is 326 Å². The fraction of sp³-hybridized carbons (Fsp3) is 0.462. The Morgan fingerprint density at radius 3 is 2.38 bits per heavy atom. The number of likely N-dealkylation sites (tertiary alicyclic amines) is 1. The number of hydrogen-bond acceptors (Lipinski definition) is 13. The highest BCUT2D eigenvalue weighted by Gasteiger charge is 2.55. The number of piperidine rings is 1. The number of fused-ring (bicyclic) bond motifs is 1. The molecule has 56 heavy (non-hydrogen) atoms. The largest absolute Gasteiger partial charge is 0.497 e. The van der Waals surface area contributed by atoms with E-state index in [9.17, 15) is 28.1 Å². The maximum Gasteiger partial charge on any atom is 0.426 e. The molecule has 2 fully saturated rings. The van der Waals surface area contributed by atoms with E-state index in [0.29, 0.717) is 48.5 Å². The Morgan fingerprint density at radius 2 is 1.71 bits per heavy atom. The van der Waals surface area contributed by atoms with Crippen LogP contribution in [-0.4, -0.2) is 110 Å². The van der Waals surface area contributed by atoms with Crippen molar-refractivity contribution < 1.29 is 45.9 Å². The number of amides is 3. The van der Waals surface area contributed by atoms with E-state index in [-0.39, 0.29) is 30.8 Å². The predicted molar refractivity (Wildman–Crippen MR) is 202 cm³/mol. The van der Waals surface area contributed by atoms with E-state index in [4.69, 9.17) is 23.1 Å². The maximum absolute atomic E-state index is 14.6. The van der Waals surface area contributed by atoms with Crippen LogP contribution in [0, 0.1) is 11.3 Å². The molecule has 6 rings (SSSR count). The maximum atomic E-state index is 14.6. The minimum absolute atomic E-state index is 0.121. The molecule has 2 aromatic carbocycles. The zero-order valence-corrected chi connectivity index (χ0v) is 32.9. The molecule has 0 bridgehead atoms. The highest BCUT2D eigenvalue weighted by atomic mass is 32.2. The van der Waals surface area contributed by atoms with Crippen LogP contribution < -0.4 is 19.5 Å². The first kappa shape index (κ1) is 40.1. The summed E-state index contributed by atoms with van der Waals surface area (Å²) in [6.45, 7) is 7.72. The van der Waals surface area contributed by atoms with Crippen molar-refractivity contribution in [3.8, 4) is 23.4 Å². The van der Waals surface area contributed by atoms with Crippen molar-refractivity contribution in [1.29, 1.82) is 5.26 Å². The average Bonchev–Trinajstić information content (AvgIpc) is 3.51. The molecule has 2 saturated heterocycles. The van der Waals surface area contributed by atoms with Gasteiger partial charge in [-0.25, -0.2) is 14.6 Å². The molecule has 4 heterocycles. The topological polar surface area (TPSA) is 190 Å². The van der Waals surface area contributed by atoms with E-state index in [1.807, 2.05) is 4.90 Å². The van der Waals surface area contributed by atoms with Crippen LogP contribution in [0.15, 0.2) is 65.7 Å². The van der Waals surface area contributed by atoms with Crippen LogP contribution in [0.3, 0.4) is 0 Å². The number of nitriles is 1. The van der Waals surface area contributed by atoms with E-state index in [1.165, 1.54) is 32.4 Å². The lowest BCUT2D eigenvalue weighted by atomic mass is 9.79. The SMILES string of the molecule is CCOc1ncccc1C1C(C2C(=O)Nc3ccccc32)N(C(=O)OS(=O)(=O)c2ccc(OC)cc2OC)CC(C#N)N1C1CCN(C(=O)OC(C)(C)C)CC1. The van der Waals surface area contributed by atoms with Crippen molar-refractivity contribution in [3.63, 3.8) is 0 Å². The molecule has 3 amide bonds. The second-order valence-corrected chi connectivity index (χ2v) is 16.1. The number of benzene rings is 2. The van der Waals surface area contributed by atoms with E-state index >= 15 is 0 Å². The number of anilines is 1. The lowest BCUT2D eigenvalue weighted by Gasteiger charge is -2.54. The fourth-order valence-corrected chi connectivity index (χ4v) is 8.73. The van der Waals surface area contributed by atoms with Crippen LogP contribution in [0.25, 0.3) is 0 Å². The standard InChI is InChI=1S/C39H46N6O10S/c1-7-53-36-28(12-10-18-41-36)33-34(32-27-11-8-9-13-29(27)42-35(32)46)44(38(48)55-56(49,50)31-15-14-26(51-5)21-30(31)52-6)23-25(22-40)45(33)24-16-19-43(20-17-24)37(47)54-39(2,3)4/h8-15,18,21,24-25,32-34H,7,16-17,19-20,23H2,1-6H3,(H,42,46). The van der Waals surface area contributed by atoms with E-state index in [0.717, 1.165) is 4.90 Å². The molecule has 0 radical (unpaired) electrons. The Morgan fingerprint density at radius 1 is 1.00 bits per heavy atom. The summed E-state index contributed by atoms with van der Waals surface area (Å²) >= 11 is 0. The summed E-state index contributed by atoms with van der Waals surface area (Å²) in [5.74, 6) is -1.08. The van der Waals surface area contributed by atoms with Crippen LogP contribution in [-0.2, 0) is 23.8 Å². The number of nitrogens with one attached hydrogen (secondary N) is 1. The molecule has 3 aliphatic rings. The first-order valence-corrected chi connectivity index (χ1v) is 19.7. The minimum atomic E-state index is -4.84. The molecule has 3 aromatic rings. The quantitative estimate of drug-likeness (QED) is 0.283. The van der Waals surface area contributed by atoms with Gasteiger partial charge < -0.3 is 33.3 Å². The number of ether oxygens (including phenoxy) is 4. The zero-order chi connectivity index (χ0) is 40.4. The van der Waals surface area contributed by atoms with Crippen molar-refractivity contribution in [2.75, 3.05) is 45.8 Å². The number of rotatable bonds is 9. The van der Waals surface area contributed by atoms with E-state index < -0.39 is 62.8 Å². The van der Waals surface area contributed by atoms with Crippen LogP contribution in [0.4, 0.5) is 15.3 Å². The molecular formula is C39H46N6O10S. The number of methoxy groups -OCH3 is 2. The fourth-order valence-electron chi connectivity index (χ4n) is 7.73. The molecule has 4 atom stereocenters. The zero-order valence-electron chi connectivity index (χ0n) is 32.1. The molecule has 0 aliphatic carbocycles. The molecule has 298 valence electrons. The van der Waals surface area contributed by atoms with Gasteiger partial charge in [0.1, 0.15) is 28.0 Å². The van der Waals surface area contributed by atoms with Gasteiger partial charge in [-0.15, -0.1) is 0 Å². The predicted octanol–water partition coefficient (Wildman–Crippen LogP) is 5.08. The number of pyridine rings is 1. The Kier molecular flexibility index (Phi) is 11.6. The van der Waals surface area contributed by atoms with Crippen LogP contribution in [0.5, 0.6) is 17.4 Å². The Balaban J connectivity index is 1.48. The summed E-state index contributed by atoms with van der Waals surface area (Å²) in [5.41, 5.74) is 0.884. The van der Waals surface area contributed by atoms with Crippen molar-refractivity contribution in [2.45, 2.75) is 81.1 Å². The molecule has 0 spiro atoms. The smallest absolute Gasteiger partial charge is 0.426 e. The molecule has 1 N–H and O–H groups in total. The monoisotopic (exact) mass is 790 g/mol. The molecule has 1 aromatic heterocycles. The number of aromatic nitrogens is 1. The van der Waals surface area contributed by atoms with Crippen molar-refractivity contribution >= 4 is 33.9 Å². The van der Waals surface area contributed by atoms with Crippen molar-refractivity contribution in [3.05, 3.63) is 71.9 Å². The van der Waals surface area contributed by atoms with Gasteiger partial charge in [-0.2, -0.15) is 13.7 Å². The van der Waals surface area contributed by atoms with E-state index in [1.54, 1.807) is 75.2 Å². The van der Waals surface area contributed by atoms with Gasteiger partial charge in [0, 0.05) is 42.6 Å². The molecule has 16 nitrogen and oxygen atoms in total. The third-order valence-electron chi connectivity index (χ3n) is 10.1. The van der Waals surface area contributed by atoms with Gasteiger partial charge in [0.25, 0.3) is 0 Å². The molecular weight excluding hydrogens is 745 g/mol. The average molecular weight is 791 g/mol. The third kappa shape index (κ3) is 8.03. The number of hydrogen-bond donors (Lipinski definition) is 1. The Hall–Kier alpha value is -5.60. The van der Waals surface area contributed by atoms with E-state index in [2.05, 4.69) is 16.4 Å².